The zero-order valence-corrected chi connectivity index (χ0v) is 12.5. The fourth-order valence-corrected chi connectivity index (χ4v) is 1.81. The van der Waals surface area contributed by atoms with Gasteiger partial charge in [0, 0.05) is 25.2 Å². The van der Waals surface area contributed by atoms with E-state index < -0.39 is 6.10 Å². The molecule has 0 spiro atoms. The molecule has 0 heterocycles. The molecule has 0 aliphatic carbocycles. The van der Waals surface area contributed by atoms with E-state index in [0.29, 0.717) is 23.4 Å². The lowest BCUT2D eigenvalue weighted by Crippen LogP contribution is -2.34. The molecule has 1 unspecified atom stereocenters. The summed E-state index contributed by atoms with van der Waals surface area (Å²) in [5, 5.41) is 6.37. The van der Waals surface area contributed by atoms with Crippen LogP contribution in [0, 0.1) is 0 Å². The summed E-state index contributed by atoms with van der Waals surface area (Å²) in [5.41, 5.74) is 0.942. The molecule has 0 aromatic heterocycles. The maximum atomic E-state index is 11.5. The van der Waals surface area contributed by atoms with Crippen LogP contribution in [0.3, 0.4) is 0 Å². The van der Waals surface area contributed by atoms with Crippen LogP contribution in [-0.4, -0.2) is 25.1 Å². The molecule has 0 aliphatic heterocycles. The van der Waals surface area contributed by atoms with Crippen molar-refractivity contribution >= 4 is 17.5 Å². The second kappa shape index (κ2) is 7.36. The molecule has 2 N–H and O–H groups in total. The molecule has 0 fully saturated rings. The Bertz CT molecular complexity index is 435. The Hall–Kier alpha value is -1.26. The zero-order chi connectivity index (χ0) is 14.4. The Balaban J connectivity index is 2.88. The summed E-state index contributed by atoms with van der Waals surface area (Å²) in [6.07, 6.45) is -0.581. The van der Waals surface area contributed by atoms with Crippen LogP contribution < -0.4 is 15.4 Å². The van der Waals surface area contributed by atoms with Crippen LogP contribution in [0.5, 0.6) is 5.75 Å². The van der Waals surface area contributed by atoms with Gasteiger partial charge in [0.2, 0.25) is 0 Å². The smallest absolute Gasteiger partial charge is 0.260 e. The highest BCUT2D eigenvalue weighted by Gasteiger charge is 2.17. The van der Waals surface area contributed by atoms with Gasteiger partial charge < -0.3 is 15.4 Å². The summed E-state index contributed by atoms with van der Waals surface area (Å²) >= 11 is 6.15. The van der Waals surface area contributed by atoms with Crippen LogP contribution in [0.4, 0.5) is 0 Å². The number of benzene rings is 1. The number of carbonyl (C=O) groups excluding carboxylic acids is 1. The van der Waals surface area contributed by atoms with E-state index in [1.807, 2.05) is 12.1 Å². The van der Waals surface area contributed by atoms with Crippen LogP contribution in [-0.2, 0) is 11.3 Å². The Morgan fingerprint density at radius 1 is 1.37 bits per heavy atom. The first-order valence-corrected chi connectivity index (χ1v) is 6.72. The molecular weight excluding hydrogens is 264 g/mol. The van der Waals surface area contributed by atoms with Gasteiger partial charge in [-0.05, 0) is 13.0 Å². The van der Waals surface area contributed by atoms with Crippen molar-refractivity contribution < 1.29 is 9.53 Å². The third kappa shape index (κ3) is 4.73. The van der Waals surface area contributed by atoms with Crippen molar-refractivity contribution in [3.63, 3.8) is 0 Å². The highest BCUT2D eigenvalue weighted by Crippen LogP contribution is 2.29. The number of carbonyl (C=O) groups is 1. The number of ether oxygens (including phenoxy) is 1. The monoisotopic (exact) mass is 284 g/mol. The maximum Gasteiger partial charge on any atom is 0.260 e. The second-order valence-electron chi connectivity index (χ2n) is 4.64. The predicted molar refractivity (Wildman–Crippen MR) is 77.6 cm³/mol. The van der Waals surface area contributed by atoms with Gasteiger partial charge in [-0.2, -0.15) is 0 Å². The molecule has 0 saturated heterocycles. The normalized spacial score (nSPS) is 12.3. The number of para-hydroxylation sites is 1. The third-order valence-electron chi connectivity index (χ3n) is 2.66. The molecule has 0 aliphatic rings. The number of rotatable bonds is 6. The van der Waals surface area contributed by atoms with Gasteiger partial charge in [-0.25, -0.2) is 0 Å². The molecule has 0 radical (unpaired) electrons. The SMILES string of the molecule is CNC(=O)C(C)Oc1c(Cl)cccc1CNC(C)C. The first kappa shape index (κ1) is 15.8. The average Bonchev–Trinajstić information content (AvgIpc) is 2.38. The van der Waals surface area contributed by atoms with E-state index in [2.05, 4.69) is 24.5 Å². The van der Waals surface area contributed by atoms with Gasteiger partial charge in [-0.3, -0.25) is 4.79 Å². The molecular formula is C14H21ClN2O2. The minimum Gasteiger partial charge on any atom is -0.479 e. The fourth-order valence-electron chi connectivity index (χ4n) is 1.57. The average molecular weight is 285 g/mol. The van der Waals surface area contributed by atoms with Gasteiger partial charge in [0.1, 0.15) is 5.75 Å². The quantitative estimate of drug-likeness (QED) is 0.843. The number of halogens is 1. The molecule has 19 heavy (non-hydrogen) atoms. The van der Waals surface area contributed by atoms with Crippen LogP contribution >= 0.6 is 11.6 Å². The van der Waals surface area contributed by atoms with Crippen molar-refractivity contribution in [1.29, 1.82) is 0 Å². The van der Waals surface area contributed by atoms with E-state index in [4.69, 9.17) is 16.3 Å². The van der Waals surface area contributed by atoms with E-state index >= 15 is 0 Å². The number of likely N-dealkylation sites (N-methyl/N-ethyl adjacent to an activating group) is 1. The molecule has 0 bridgehead atoms. The van der Waals surface area contributed by atoms with E-state index in [9.17, 15) is 4.79 Å². The van der Waals surface area contributed by atoms with E-state index in [-0.39, 0.29) is 5.91 Å². The van der Waals surface area contributed by atoms with Gasteiger partial charge in [-0.15, -0.1) is 0 Å². The molecule has 1 aromatic rings. The lowest BCUT2D eigenvalue weighted by Gasteiger charge is -2.18. The van der Waals surface area contributed by atoms with Crippen LogP contribution in [0.25, 0.3) is 0 Å². The van der Waals surface area contributed by atoms with Crippen LogP contribution in [0.15, 0.2) is 18.2 Å². The van der Waals surface area contributed by atoms with Crippen molar-refractivity contribution in [2.45, 2.75) is 39.5 Å². The van der Waals surface area contributed by atoms with Crippen molar-refractivity contribution in [3.05, 3.63) is 28.8 Å². The Kier molecular flexibility index (Phi) is 6.12. The minimum atomic E-state index is -0.581. The van der Waals surface area contributed by atoms with Gasteiger partial charge in [-0.1, -0.05) is 37.6 Å². The van der Waals surface area contributed by atoms with Crippen LogP contribution in [0.1, 0.15) is 26.3 Å². The van der Waals surface area contributed by atoms with Crippen molar-refractivity contribution in [2.24, 2.45) is 0 Å². The highest BCUT2D eigenvalue weighted by molar-refractivity contribution is 6.32. The second-order valence-corrected chi connectivity index (χ2v) is 5.05. The molecule has 4 nitrogen and oxygen atoms in total. The molecule has 1 atom stereocenters. The number of amides is 1. The summed E-state index contributed by atoms with van der Waals surface area (Å²) in [6, 6.07) is 5.93. The van der Waals surface area contributed by atoms with E-state index in [1.54, 1.807) is 20.0 Å². The Labute approximate surface area is 119 Å². The minimum absolute atomic E-state index is 0.178. The summed E-state index contributed by atoms with van der Waals surface area (Å²) in [5.74, 6) is 0.385. The largest absolute Gasteiger partial charge is 0.479 e. The topological polar surface area (TPSA) is 50.4 Å². The Morgan fingerprint density at radius 3 is 2.63 bits per heavy atom. The van der Waals surface area contributed by atoms with Gasteiger partial charge in [0.25, 0.3) is 5.91 Å². The van der Waals surface area contributed by atoms with Gasteiger partial charge in [0.15, 0.2) is 6.10 Å². The lowest BCUT2D eigenvalue weighted by atomic mass is 10.2. The van der Waals surface area contributed by atoms with Crippen molar-refractivity contribution in [1.82, 2.24) is 10.6 Å². The highest BCUT2D eigenvalue weighted by atomic mass is 35.5. The molecule has 106 valence electrons. The number of nitrogens with one attached hydrogen (secondary N) is 2. The summed E-state index contributed by atoms with van der Waals surface area (Å²) in [6.45, 7) is 6.48. The fraction of sp³-hybridized carbons (Fsp3) is 0.500. The summed E-state index contributed by atoms with van der Waals surface area (Å²) < 4.78 is 5.68. The first-order chi connectivity index (χ1) is 8.95. The predicted octanol–water partition coefficient (Wildman–Crippen LogP) is 2.35. The zero-order valence-electron chi connectivity index (χ0n) is 11.8. The third-order valence-corrected chi connectivity index (χ3v) is 2.96. The van der Waals surface area contributed by atoms with E-state index in [0.717, 1.165) is 5.56 Å². The molecule has 0 saturated carbocycles. The van der Waals surface area contributed by atoms with Crippen LogP contribution in [0.2, 0.25) is 5.02 Å². The summed E-state index contributed by atoms with van der Waals surface area (Å²) in [7, 11) is 1.58. The van der Waals surface area contributed by atoms with Gasteiger partial charge in [0.05, 0.1) is 5.02 Å². The van der Waals surface area contributed by atoms with Crippen molar-refractivity contribution in [2.75, 3.05) is 7.05 Å². The lowest BCUT2D eigenvalue weighted by molar-refractivity contribution is -0.126. The molecule has 1 rings (SSSR count). The maximum absolute atomic E-state index is 11.5. The number of hydrogen-bond donors (Lipinski definition) is 2. The molecule has 1 aromatic carbocycles. The first-order valence-electron chi connectivity index (χ1n) is 6.34. The number of hydrogen-bond acceptors (Lipinski definition) is 3. The van der Waals surface area contributed by atoms with Gasteiger partial charge >= 0.3 is 0 Å². The van der Waals surface area contributed by atoms with Crippen molar-refractivity contribution in [3.8, 4) is 5.75 Å². The van der Waals surface area contributed by atoms with E-state index in [1.165, 1.54) is 0 Å². The molecule has 1 amide bonds. The standard InChI is InChI=1S/C14H21ClN2O2/c1-9(2)17-8-11-6-5-7-12(15)13(11)19-10(3)14(18)16-4/h5-7,9-10,17H,8H2,1-4H3,(H,16,18). The molecule has 5 heteroatoms. The summed E-state index contributed by atoms with van der Waals surface area (Å²) in [4.78, 5) is 11.5. The Morgan fingerprint density at radius 2 is 2.05 bits per heavy atom.